The van der Waals surface area contributed by atoms with Crippen LogP contribution in [0.25, 0.3) is 0 Å². The van der Waals surface area contributed by atoms with Crippen LogP contribution >= 0.6 is 0 Å². The van der Waals surface area contributed by atoms with Gasteiger partial charge < -0.3 is 14.5 Å². The van der Waals surface area contributed by atoms with Crippen LogP contribution in [-0.4, -0.2) is 54.4 Å². The van der Waals surface area contributed by atoms with Crippen LogP contribution in [0, 0.1) is 5.92 Å². The van der Waals surface area contributed by atoms with Gasteiger partial charge in [-0.05, 0) is 24.8 Å². The minimum absolute atomic E-state index is 0.112. The Balaban J connectivity index is 1.74. The number of carbonyl (C=O) groups is 2. The molecule has 5 heteroatoms. The third-order valence-corrected chi connectivity index (χ3v) is 5.01. The monoisotopic (exact) mass is 316 g/mol. The number of amides is 2. The topological polar surface area (TPSA) is 49.9 Å². The van der Waals surface area contributed by atoms with Gasteiger partial charge in [0.2, 0.25) is 11.8 Å². The molecule has 23 heavy (non-hydrogen) atoms. The predicted octanol–water partition coefficient (Wildman–Crippen LogP) is 1.71. The van der Waals surface area contributed by atoms with Gasteiger partial charge in [-0.1, -0.05) is 18.2 Å². The van der Waals surface area contributed by atoms with Crippen LogP contribution in [-0.2, 0) is 16.0 Å². The van der Waals surface area contributed by atoms with Gasteiger partial charge in [0.05, 0.1) is 13.5 Å². The molecule has 3 fully saturated rings. The highest BCUT2D eigenvalue weighted by Crippen LogP contribution is 2.29. The minimum Gasteiger partial charge on any atom is -0.496 e. The van der Waals surface area contributed by atoms with Crippen LogP contribution < -0.4 is 4.74 Å². The highest BCUT2D eigenvalue weighted by molar-refractivity contribution is 5.80. The summed E-state index contributed by atoms with van der Waals surface area (Å²) in [5, 5.41) is 0. The highest BCUT2D eigenvalue weighted by Gasteiger charge is 2.37. The van der Waals surface area contributed by atoms with Crippen LogP contribution in [0.15, 0.2) is 24.3 Å². The van der Waals surface area contributed by atoms with Crippen molar-refractivity contribution in [3.63, 3.8) is 0 Å². The molecule has 2 amide bonds. The first kappa shape index (κ1) is 15.8. The molecule has 1 aromatic rings. The molecule has 2 bridgehead atoms. The third-order valence-electron chi connectivity index (χ3n) is 5.01. The zero-order valence-corrected chi connectivity index (χ0v) is 13.8. The van der Waals surface area contributed by atoms with Gasteiger partial charge in [0.25, 0.3) is 0 Å². The number of para-hydroxylation sites is 1. The second-order valence-corrected chi connectivity index (χ2v) is 6.56. The number of hydrogen-bond acceptors (Lipinski definition) is 3. The maximum Gasteiger partial charge on any atom is 0.227 e. The van der Waals surface area contributed by atoms with Crippen molar-refractivity contribution in [2.45, 2.75) is 32.2 Å². The van der Waals surface area contributed by atoms with Crippen LogP contribution in [0.5, 0.6) is 5.75 Å². The second kappa shape index (κ2) is 6.60. The molecule has 0 N–H and O–H groups in total. The zero-order valence-electron chi connectivity index (χ0n) is 13.8. The molecule has 0 aliphatic carbocycles. The molecule has 0 spiro atoms. The molecule has 0 aromatic heterocycles. The van der Waals surface area contributed by atoms with E-state index < -0.39 is 0 Å². The molecule has 3 aliphatic rings. The Labute approximate surface area is 137 Å². The van der Waals surface area contributed by atoms with E-state index in [1.165, 1.54) is 0 Å². The molecule has 3 saturated heterocycles. The van der Waals surface area contributed by atoms with Crippen molar-refractivity contribution in [1.82, 2.24) is 9.80 Å². The normalized spacial score (nSPS) is 23.6. The van der Waals surface area contributed by atoms with Gasteiger partial charge in [0.1, 0.15) is 5.75 Å². The Bertz CT molecular complexity index is 602. The maximum absolute atomic E-state index is 12.8. The fraction of sp³-hybridized carbons (Fsp3) is 0.556. The van der Waals surface area contributed by atoms with Gasteiger partial charge in [-0.15, -0.1) is 0 Å². The quantitative estimate of drug-likeness (QED) is 0.853. The molecular formula is C18H24N2O3. The van der Waals surface area contributed by atoms with Crippen molar-refractivity contribution in [3.05, 3.63) is 29.8 Å². The second-order valence-electron chi connectivity index (χ2n) is 6.56. The van der Waals surface area contributed by atoms with Crippen molar-refractivity contribution in [2.24, 2.45) is 5.92 Å². The van der Waals surface area contributed by atoms with Gasteiger partial charge >= 0.3 is 0 Å². The molecule has 0 saturated carbocycles. The minimum atomic E-state index is 0.112. The average molecular weight is 316 g/mol. The smallest absolute Gasteiger partial charge is 0.227 e. The van der Waals surface area contributed by atoms with E-state index in [1.807, 2.05) is 34.1 Å². The maximum atomic E-state index is 12.8. The summed E-state index contributed by atoms with van der Waals surface area (Å²) >= 11 is 0. The third kappa shape index (κ3) is 3.33. The van der Waals surface area contributed by atoms with E-state index >= 15 is 0 Å². The number of carbonyl (C=O) groups excluding carboxylic acids is 2. The first-order chi connectivity index (χ1) is 11.1. The lowest BCUT2D eigenvalue weighted by Gasteiger charge is -2.36. The first-order valence-corrected chi connectivity index (χ1v) is 8.25. The summed E-state index contributed by atoms with van der Waals surface area (Å²) in [5.41, 5.74) is 0.920. The largest absolute Gasteiger partial charge is 0.496 e. The van der Waals surface area contributed by atoms with Gasteiger partial charge in [-0.2, -0.15) is 0 Å². The molecule has 0 unspecified atom stereocenters. The molecule has 2 atom stereocenters. The molecule has 0 radical (unpaired) electrons. The van der Waals surface area contributed by atoms with Crippen molar-refractivity contribution in [2.75, 3.05) is 26.7 Å². The summed E-state index contributed by atoms with van der Waals surface area (Å²) in [6, 6.07) is 7.81. The number of methoxy groups -OCH3 is 1. The first-order valence-electron chi connectivity index (χ1n) is 8.25. The van der Waals surface area contributed by atoms with E-state index in [-0.39, 0.29) is 17.9 Å². The number of ether oxygens (including phenoxy) is 1. The van der Waals surface area contributed by atoms with Crippen molar-refractivity contribution in [3.8, 4) is 5.75 Å². The van der Waals surface area contributed by atoms with E-state index in [2.05, 4.69) is 0 Å². The Hall–Kier alpha value is -2.04. The predicted molar refractivity (Wildman–Crippen MR) is 87.2 cm³/mol. The standard InChI is InChI=1S/C18H24N2O3/c1-13(21)19-10-14-7-8-16(12-19)20(11-14)18(22)9-15-5-3-4-6-17(15)23-2/h3-6,14,16H,7-12H2,1-2H3/t14-,16+/m0/s1. The molecular weight excluding hydrogens is 292 g/mol. The number of piperidine rings is 1. The van der Waals surface area contributed by atoms with E-state index in [4.69, 9.17) is 4.74 Å². The molecule has 4 rings (SSSR count). The van der Waals surface area contributed by atoms with Crippen LogP contribution in [0.2, 0.25) is 0 Å². The Morgan fingerprint density at radius 2 is 1.96 bits per heavy atom. The lowest BCUT2D eigenvalue weighted by atomic mass is 9.94. The summed E-state index contributed by atoms with van der Waals surface area (Å²) < 4.78 is 5.35. The van der Waals surface area contributed by atoms with E-state index in [1.54, 1.807) is 14.0 Å². The fourth-order valence-corrected chi connectivity index (χ4v) is 3.76. The van der Waals surface area contributed by atoms with Gasteiger partial charge in [0, 0.05) is 38.2 Å². The number of fused-ring (bicyclic) bond motifs is 4. The molecule has 124 valence electrons. The van der Waals surface area contributed by atoms with Gasteiger partial charge in [0.15, 0.2) is 0 Å². The number of nitrogens with zero attached hydrogens (tertiary/aromatic N) is 2. The van der Waals surface area contributed by atoms with Crippen LogP contribution in [0.4, 0.5) is 0 Å². The van der Waals surface area contributed by atoms with Gasteiger partial charge in [-0.3, -0.25) is 9.59 Å². The summed E-state index contributed by atoms with van der Waals surface area (Å²) in [4.78, 5) is 28.4. The lowest BCUT2D eigenvalue weighted by molar-refractivity contribution is -0.135. The summed E-state index contributed by atoms with van der Waals surface area (Å²) in [6.45, 7) is 3.84. The SMILES string of the molecule is COc1ccccc1CC(=O)N1C[C@H]2CC[C@@H]1CN(C(C)=O)C2. The van der Waals surface area contributed by atoms with E-state index in [9.17, 15) is 9.59 Å². The number of benzene rings is 1. The summed E-state index contributed by atoms with van der Waals surface area (Å²) in [7, 11) is 1.63. The molecule has 1 aromatic carbocycles. The Morgan fingerprint density at radius 1 is 1.17 bits per heavy atom. The van der Waals surface area contributed by atoms with Crippen LogP contribution in [0.1, 0.15) is 25.3 Å². The van der Waals surface area contributed by atoms with E-state index in [0.29, 0.717) is 18.9 Å². The molecule has 5 nitrogen and oxygen atoms in total. The number of hydrogen-bond donors (Lipinski definition) is 0. The van der Waals surface area contributed by atoms with Crippen molar-refractivity contribution < 1.29 is 14.3 Å². The zero-order chi connectivity index (χ0) is 16.4. The lowest BCUT2D eigenvalue weighted by Crippen LogP contribution is -2.48. The van der Waals surface area contributed by atoms with Gasteiger partial charge in [-0.25, -0.2) is 0 Å². The number of rotatable bonds is 3. The summed E-state index contributed by atoms with van der Waals surface area (Å²) in [5.74, 6) is 1.40. The van der Waals surface area contributed by atoms with Crippen molar-refractivity contribution in [1.29, 1.82) is 0 Å². The highest BCUT2D eigenvalue weighted by atomic mass is 16.5. The van der Waals surface area contributed by atoms with Crippen LogP contribution in [0.3, 0.4) is 0 Å². The molecule has 3 heterocycles. The summed E-state index contributed by atoms with van der Waals surface area (Å²) in [6.07, 6.45) is 2.45. The fourth-order valence-electron chi connectivity index (χ4n) is 3.76. The Morgan fingerprint density at radius 3 is 2.70 bits per heavy atom. The van der Waals surface area contributed by atoms with E-state index in [0.717, 1.165) is 37.2 Å². The molecule has 3 aliphatic heterocycles. The van der Waals surface area contributed by atoms with Crippen molar-refractivity contribution >= 4 is 11.8 Å². The Kier molecular flexibility index (Phi) is 4.55. The average Bonchev–Trinajstić information content (AvgIpc) is 2.87.